The molecule has 39 heavy (non-hydrogen) atoms. The van der Waals surface area contributed by atoms with E-state index in [1.165, 1.54) is 17.3 Å². The van der Waals surface area contributed by atoms with Crippen molar-refractivity contribution < 1.29 is 18.7 Å². The van der Waals surface area contributed by atoms with Crippen molar-refractivity contribution in [1.29, 1.82) is 0 Å². The molecule has 0 radical (unpaired) electrons. The van der Waals surface area contributed by atoms with E-state index in [2.05, 4.69) is 65.5 Å². The number of likely N-dealkylation sites (tertiary alicyclic amines) is 1. The number of amides is 2. The van der Waals surface area contributed by atoms with Gasteiger partial charge in [-0.15, -0.1) is 11.3 Å². The molecule has 2 atom stereocenters. The molecule has 10 nitrogen and oxygen atoms in total. The minimum absolute atomic E-state index is 0.138. The van der Waals surface area contributed by atoms with E-state index in [0.29, 0.717) is 18.4 Å². The van der Waals surface area contributed by atoms with Crippen molar-refractivity contribution in [2.75, 3.05) is 26.0 Å². The van der Waals surface area contributed by atoms with E-state index in [4.69, 9.17) is 9.51 Å². The number of nitrogens with one attached hydrogen (secondary N) is 2. The number of pyridine rings is 1. The zero-order valence-corrected chi connectivity index (χ0v) is 23.0. The van der Waals surface area contributed by atoms with Gasteiger partial charge in [-0.25, -0.2) is 14.5 Å². The van der Waals surface area contributed by atoms with Gasteiger partial charge in [0.25, 0.3) is 11.3 Å². The Balaban J connectivity index is 1.21. The van der Waals surface area contributed by atoms with Gasteiger partial charge >= 0.3 is 11.8 Å². The lowest BCUT2D eigenvalue weighted by Crippen LogP contribution is -2.46. The Morgan fingerprint density at radius 2 is 2.05 bits per heavy atom. The molecule has 6 rings (SSSR count). The maximum atomic E-state index is 13.4. The Bertz CT molecular complexity index is 1660. The summed E-state index contributed by atoms with van der Waals surface area (Å²) < 4.78 is 8.22. The number of hydrogen-bond donors (Lipinski definition) is 2. The molecule has 0 bridgehead atoms. The van der Waals surface area contributed by atoms with Crippen molar-refractivity contribution in [2.45, 2.75) is 44.6 Å². The van der Waals surface area contributed by atoms with Crippen molar-refractivity contribution in [1.82, 2.24) is 20.0 Å². The zero-order valence-electron chi connectivity index (χ0n) is 22.1. The van der Waals surface area contributed by atoms with Crippen molar-refractivity contribution in [2.24, 2.45) is 11.8 Å². The largest absolute Gasteiger partial charge is 0.358 e. The van der Waals surface area contributed by atoms with Crippen LogP contribution in [0.1, 0.15) is 55.1 Å². The molecule has 3 aromatic heterocycles. The van der Waals surface area contributed by atoms with Crippen molar-refractivity contribution >= 4 is 56.4 Å². The number of fused-ring (bicyclic) bond motifs is 2. The second-order valence-corrected chi connectivity index (χ2v) is 12.1. The molecule has 0 spiro atoms. The van der Waals surface area contributed by atoms with Gasteiger partial charge < -0.3 is 14.7 Å². The summed E-state index contributed by atoms with van der Waals surface area (Å²) in [5.74, 6) is 0.0164. The summed E-state index contributed by atoms with van der Waals surface area (Å²) in [5, 5.41) is 6.19. The van der Waals surface area contributed by atoms with Crippen LogP contribution in [0.4, 0.5) is 5.69 Å². The van der Waals surface area contributed by atoms with E-state index < -0.39 is 17.4 Å². The first kappa shape index (κ1) is 25.4. The second-order valence-electron chi connectivity index (χ2n) is 11.0. The van der Waals surface area contributed by atoms with Gasteiger partial charge in [-0.05, 0) is 55.4 Å². The van der Waals surface area contributed by atoms with Gasteiger partial charge in [0.15, 0.2) is 0 Å². The smallest absolute Gasteiger partial charge is 0.313 e. The fraction of sp³-hybridized carbons (Fsp3) is 0.429. The lowest BCUT2D eigenvalue weighted by molar-refractivity contribution is -0.462. The normalized spacial score (nSPS) is 23.0. The lowest BCUT2D eigenvalue weighted by atomic mass is 9.76. The van der Waals surface area contributed by atoms with Gasteiger partial charge in [0.2, 0.25) is 0 Å². The zero-order chi connectivity index (χ0) is 27.3. The summed E-state index contributed by atoms with van der Waals surface area (Å²) in [7, 11) is 4.13. The van der Waals surface area contributed by atoms with E-state index in [9.17, 15) is 14.4 Å². The van der Waals surface area contributed by atoms with Crippen LogP contribution in [-0.4, -0.2) is 63.3 Å². The number of carbonyl (C=O) groups is 2. The number of benzene rings is 1. The molecule has 1 aliphatic carbocycles. The minimum Gasteiger partial charge on any atom is -0.358 e. The minimum atomic E-state index is -0.763. The molecule has 4 heterocycles. The number of carbonyl (C=O) groups excluding carboxylic acids is 2. The van der Waals surface area contributed by atoms with Gasteiger partial charge in [-0.3, -0.25) is 14.4 Å². The molecule has 0 unspecified atom stereocenters. The predicted octanol–water partition coefficient (Wildman–Crippen LogP) is 3.90. The van der Waals surface area contributed by atoms with E-state index in [0.717, 1.165) is 41.5 Å². The Morgan fingerprint density at radius 3 is 2.85 bits per heavy atom. The monoisotopic (exact) mass is 547 g/mol. The quantitative estimate of drug-likeness (QED) is 0.227. The van der Waals surface area contributed by atoms with Crippen molar-refractivity contribution in [3.8, 4) is 0 Å². The number of piperidine rings is 1. The summed E-state index contributed by atoms with van der Waals surface area (Å²) in [6.45, 7) is 2.58. The fourth-order valence-electron chi connectivity index (χ4n) is 5.70. The molecule has 1 aliphatic heterocycles. The first-order valence-corrected chi connectivity index (χ1v) is 14.1. The third-order valence-corrected chi connectivity index (χ3v) is 8.91. The topological polar surface area (TPSA) is 124 Å². The van der Waals surface area contributed by atoms with Crippen LogP contribution in [0.2, 0.25) is 0 Å². The van der Waals surface area contributed by atoms with Gasteiger partial charge in [-0.1, -0.05) is 13.0 Å². The van der Waals surface area contributed by atoms with Crippen LogP contribution in [0.15, 0.2) is 39.8 Å². The highest BCUT2D eigenvalue weighted by atomic mass is 32.1. The van der Waals surface area contributed by atoms with Gasteiger partial charge in [0.05, 0.1) is 33.2 Å². The number of thiazole rings is 1. The number of aromatic amines is 1. The van der Waals surface area contributed by atoms with Crippen LogP contribution in [0.5, 0.6) is 0 Å². The molecule has 2 N–H and O–H groups in total. The van der Waals surface area contributed by atoms with Crippen LogP contribution >= 0.6 is 11.3 Å². The molecule has 11 heteroatoms. The fourth-order valence-corrected chi connectivity index (χ4v) is 6.78. The van der Waals surface area contributed by atoms with Crippen LogP contribution < -0.4 is 10.9 Å². The lowest BCUT2D eigenvalue weighted by Gasteiger charge is -2.38. The molecule has 1 saturated carbocycles. The highest BCUT2D eigenvalue weighted by Crippen LogP contribution is 2.44. The maximum Gasteiger partial charge on any atom is 0.313 e. The van der Waals surface area contributed by atoms with Crippen LogP contribution in [0.3, 0.4) is 0 Å². The number of H-pyrrole nitrogens is 1. The third kappa shape index (κ3) is 4.98. The number of anilines is 1. The van der Waals surface area contributed by atoms with Crippen LogP contribution in [0, 0.1) is 11.8 Å². The van der Waals surface area contributed by atoms with Crippen LogP contribution in [0.25, 0.3) is 21.3 Å². The summed E-state index contributed by atoms with van der Waals surface area (Å²) in [5.41, 5.74) is 1.89. The summed E-state index contributed by atoms with van der Waals surface area (Å²) in [4.78, 5) is 49.0. The Kier molecular flexibility index (Phi) is 6.54. The van der Waals surface area contributed by atoms with Gasteiger partial charge in [0, 0.05) is 18.4 Å². The van der Waals surface area contributed by atoms with E-state index >= 15 is 0 Å². The predicted molar refractivity (Wildman–Crippen MR) is 149 cm³/mol. The number of aromatic nitrogens is 3. The SMILES string of the molecule is C[C@H]1CC[C@H](c2ccc3sc(C4CC(C=[N+](C)C)C4)nc3c2)N(C(=O)C(=O)Nc2cnc3o[nH]c(=O)c3c2)C1. The first-order valence-electron chi connectivity index (χ1n) is 13.3. The molecule has 1 saturated heterocycles. The first-order chi connectivity index (χ1) is 18.7. The Labute approximate surface area is 228 Å². The molecule has 2 amide bonds. The molecule has 2 fully saturated rings. The number of hydrogen-bond acceptors (Lipinski definition) is 7. The molecule has 1 aromatic carbocycles. The van der Waals surface area contributed by atoms with Crippen molar-refractivity contribution in [3.05, 3.63) is 51.4 Å². The van der Waals surface area contributed by atoms with E-state index in [-0.39, 0.29) is 28.7 Å². The molecular weight excluding hydrogens is 516 g/mol. The summed E-state index contributed by atoms with van der Waals surface area (Å²) in [6.07, 6.45) is 7.62. The highest BCUT2D eigenvalue weighted by molar-refractivity contribution is 7.18. The average Bonchev–Trinajstić information content (AvgIpc) is 3.47. The highest BCUT2D eigenvalue weighted by Gasteiger charge is 2.36. The molecule has 4 aromatic rings. The number of nitrogens with zero attached hydrogens (tertiary/aromatic N) is 4. The average molecular weight is 548 g/mol. The van der Waals surface area contributed by atoms with Gasteiger partial charge in [-0.2, -0.15) is 5.16 Å². The summed E-state index contributed by atoms with van der Waals surface area (Å²) >= 11 is 1.75. The van der Waals surface area contributed by atoms with Crippen LogP contribution in [-0.2, 0) is 9.59 Å². The number of rotatable bonds is 4. The molecular formula is C28H31N6O4S+. The maximum absolute atomic E-state index is 13.4. The second kappa shape index (κ2) is 10.0. The van der Waals surface area contributed by atoms with E-state index in [1.807, 2.05) is 0 Å². The Hall–Kier alpha value is -3.86. The summed E-state index contributed by atoms with van der Waals surface area (Å²) in [6, 6.07) is 7.48. The van der Waals surface area contributed by atoms with E-state index in [1.54, 1.807) is 16.2 Å². The standard InChI is InChI=1S/C28H30N6O4S/c1-15-4-6-22(17-5-7-23-21(10-17)31-27(39-23)18-8-16(9-18)14-33(2)3)34(13-15)28(37)25(36)30-19-11-20-24(35)32-38-26(20)29-12-19/h5,7,10-12,14-16,18,22H,4,6,8-9,13H2,1-3H3,(H-,30,32,35,36)/p+1/t15-,16?,18?,22+/m0/s1. The molecule has 2 aliphatic rings. The molecule has 202 valence electrons. The van der Waals surface area contributed by atoms with Gasteiger partial charge in [0.1, 0.15) is 25.7 Å². The van der Waals surface area contributed by atoms with Crippen molar-refractivity contribution in [3.63, 3.8) is 0 Å². The third-order valence-electron chi connectivity index (χ3n) is 7.71. The Morgan fingerprint density at radius 1 is 1.23 bits per heavy atom.